The number of rotatable bonds is 18. The molecule has 2 aliphatic heterocycles. The number of likely N-dealkylation sites (tertiary alicyclic amines) is 2. The van der Waals surface area contributed by atoms with E-state index in [1.165, 1.54) is 17.5 Å². The maximum Gasteiger partial charge on any atom is 0.319 e. The van der Waals surface area contributed by atoms with Crippen LogP contribution in [0.3, 0.4) is 0 Å². The molecule has 0 aliphatic carbocycles. The third kappa shape index (κ3) is 9.67. The van der Waals surface area contributed by atoms with E-state index < -0.39 is 5.92 Å². The Morgan fingerprint density at radius 1 is 0.707 bits per heavy atom. The molecule has 6 heterocycles. The lowest BCUT2D eigenvalue weighted by atomic mass is 10.0. The molecule has 0 spiro atoms. The van der Waals surface area contributed by atoms with Gasteiger partial charge in [-0.3, -0.25) is 9.80 Å². The van der Waals surface area contributed by atoms with Crippen molar-refractivity contribution in [1.82, 2.24) is 39.7 Å². The van der Waals surface area contributed by atoms with Crippen molar-refractivity contribution in [1.29, 1.82) is 0 Å². The first-order valence-electron chi connectivity index (χ1n) is 20.7. The number of nitrogens with zero attached hydrogens (tertiary/aromatic N) is 6. The molecule has 8 rings (SSSR count). The molecule has 306 valence electrons. The Morgan fingerprint density at radius 2 is 1.24 bits per heavy atom. The molecule has 0 amide bonds. The van der Waals surface area contributed by atoms with Gasteiger partial charge in [-0.05, 0) is 66.8 Å². The quantitative estimate of drug-likeness (QED) is 0.0637. The molecule has 14 heteroatoms. The normalized spacial score (nSPS) is 17.2. The van der Waals surface area contributed by atoms with Gasteiger partial charge in [0.1, 0.15) is 22.1 Å². The summed E-state index contributed by atoms with van der Waals surface area (Å²) in [5.74, 6) is -1.14. The Balaban J connectivity index is 0.764. The van der Waals surface area contributed by atoms with Crippen LogP contribution in [-0.4, -0.2) is 85.0 Å². The molecule has 2 aliphatic rings. The second-order valence-corrected chi connectivity index (χ2v) is 16.1. The number of hydrogen-bond acceptors (Lipinski definition) is 10. The molecular weight excluding hydrogens is 739 g/mol. The minimum Gasteiger partial charge on any atom is -0.463 e. The zero-order valence-electron chi connectivity index (χ0n) is 33.3. The van der Waals surface area contributed by atoms with E-state index in [4.69, 9.17) is 25.9 Å². The summed E-state index contributed by atoms with van der Waals surface area (Å²) in [5, 5.41) is 0. The van der Waals surface area contributed by atoms with Crippen LogP contribution in [-0.2, 0) is 25.9 Å². The lowest BCUT2D eigenvalue weighted by Gasteiger charge is -2.16. The van der Waals surface area contributed by atoms with Crippen LogP contribution in [0.25, 0.3) is 22.1 Å². The second-order valence-electron chi connectivity index (χ2n) is 16.1. The number of fused-ring (bicyclic) bond motifs is 2. The van der Waals surface area contributed by atoms with E-state index >= 15 is 0 Å². The van der Waals surface area contributed by atoms with E-state index in [2.05, 4.69) is 61.0 Å². The number of anilines is 2. The number of nitrogen functional groups attached to an aromatic ring is 2. The number of alkyl halides is 2. The van der Waals surface area contributed by atoms with Crippen LogP contribution < -0.4 is 20.9 Å². The van der Waals surface area contributed by atoms with Crippen molar-refractivity contribution in [3.05, 3.63) is 94.3 Å². The van der Waals surface area contributed by atoms with Crippen LogP contribution in [0.4, 0.5) is 20.4 Å². The Morgan fingerprint density at radius 3 is 1.78 bits per heavy atom. The van der Waals surface area contributed by atoms with Gasteiger partial charge in [0, 0.05) is 69.0 Å². The summed E-state index contributed by atoms with van der Waals surface area (Å²) in [4.78, 5) is 28.9. The summed E-state index contributed by atoms with van der Waals surface area (Å²) in [6.07, 6.45) is 11.6. The first-order chi connectivity index (χ1) is 28.2. The third-order valence-corrected chi connectivity index (χ3v) is 11.5. The second kappa shape index (κ2) is 17.7. The zero-order valence-corrected chi connectivity index (χ0v) is 33.3. The fraction of sp³-hybridized carbons (Fsp3) is 0.455. The van der Waals surface area contributed by atoms with E-state index in [1.807, 2.05) is 41.6 Å². The van der Waals surface area contributed by atoms with Gasteiger partial charge in [0.15, 0.2) is 11.6 Å². The number of H-pyrrole nitrogens is 2. The Hall–Kier alpha value is -5.34. The maximum absolute atomic E-state index is 13.6. The van der Waals surface area contributed by atoms with E-state index in [9.17, 15) is 8.78 Å². The van der Waals surface area contributed by atoms with Crippen molar-refractivity contribution in [2.45, 2.75) is 83.7 Å². The van der Waals surface area contributed by atoms with Gasteiger partial charge in [-0.15, -0.1) is 0 Å². The minimum atomic E-state index is -2.58. The van der Waals surface area contributed by atoms with Crippen LogP contribution in [0.2, 0.25) is 0 Å². The monoisotopic (exact) mass is 792 g/mol. The van der Waals surface area contributed by atoms with Crippen LogP contribution in [0.1, 0.15) is 85.3 Å². The van der Waals surface area contributed by atoms with Crippen LogP contribution in [0, 0.1) is 5.92 Å². The summed E-state index contributed by atoms with van der Waals surface area (Å²) in [6, 6.07) is 17.7. The number of aromatic nitrogens is 6. The maximum atomic E-state index is 13.6. The summed E-state index contributed by atoms with van der Waals surface area (Å²) < 4.78 is 39.0. The molecule has 12 nitrogen and oxygen atoms in total. The van der Waals surface area contributed by atoms with Gasteiger partial charge in [0.05, 0.1) is 19.8 Å². The number of nitrogens with one attached hydrogen (secondary N) is 2. The summed E-state index contributed by atoms with van der Waals surface area (Å²) in [6.45, 7) is 7.18. The van der Waals surface area contributed by atoms with E-state index in [0.29, 0.717) is 67.8 Å². The van der Waals surface area contributed by atoms with Gasteiger partial charge in [0.25, 0.3) is 5.92 Å². The predicted octanol–water partition coefficient (Wildman–Crippen LogP) is 7.67. The van der Waals surface area contributed by atoms with Gasteiger partial charge < -0.3 is 30.9 Å². The van der Waals surface area contributed by atoms with Crippen molar-refractivity contribution in [3.8, 4) is 12.0 Å². The molecule has 1 unspecified atom stereocenters. The molecule has 0 radical (unpaired) electrons. The van der Waals surface area contributed by atoms with Gasteiger partial charge in [-0.2, -0.15) is 19.9 Å². The topological polar surface area (TPSA) is 160 Å². The highest BCUT2D eigenvalue weighted by atomic mass is 19.3. The molecule has 6 N–H and O–H groups in total. The largest absolute Gasteiger partial charge is 0.463 e. The lowest BCUT2D eigenvalue weighted by molar-refractivity contribution is 0.0115. The number of benzene rings is 2. The highest BCUT2D eigenvalue weighted by Crippen LogP contribution is 2.30. The third-order valence-electron chi connectivity index (χ3n) is 11.5. The number of nitrogens with two attached hydrogens (primary N) is 2. The van der Waals surface area contributed by atoms with Gasteiger partial charge in [-0.1, -0.05) is 61.9 Å². The van der Waals surface area contributed by atoms with Gasteiger partial charge in [0.2, 0.25) is 0 Å². The number of aromatic amines is 2. The molecule has 0 bridgehead atoms. The fourth-order valence-electron chi connectivity index (χ4n) is 8.24. The number of ether oxygens (including phenoxy) is 2. The van der Waals surface area contributed by atoms with E-state index in [-0.39, 0.29) is 13.0 Å². The zero-order chi connectivity index (χ0) is 40.1. The molecule has 2 saturated heterocycles. The van der Waals surface area contributed by atoms with Crippen molar-refractivity contribution in [2.75, 3.05) is 50.9 Å². The molecule has 0 saturated carbocycles. The van der Waals surface area contributed by atoms with E-state index in [0.717, 1.165) is 97.0 Å². The molecule has 4 aromatic heterocycles. The predicted molar refractivity (Wildman–Crippen MR) is 223 cm³/mol. The van der Waals surface area contributed by atoms with Crippen molar-refractivity contribution >= 4 is 33.7 Å². The van der Waals surface area contributed by atoms with Crippen LogP contribution in [0.5, 0.6) is 12.0 Å². The van der Waals surface area contributed by atoms with Crippen LogP contribution in [0.15, 0.2) is 60.9 Å². The average molecular weight is 793 g/mol. The Bertz CT molecular complexity index is 2290. The minimum absolute atomic E-state index is 0.0684. The highest BCUT2D eigenvalue weighted by Gasteiger charge is 2.37. The number of halogens is 2. The molecule has 58 heavy (non-hydrogen) atoms. The van der Waals surface area contributed by atoms with E-state index in [1.54, 1.807) is 0 Å². The van der Waals surface area contributed by atoms with Gasteiger partial charge in [-0.25, -0.2) is 8.78 Å². The van der Waals surface area contributed by atoms with Crippen molar-refractivity contribution < 1.29 is 18.3 Å². The Labute approximate surface area is 337 Å². The summed E-state index contributed by atoms with van der Waals surface area (Å²) in [5.41, 5.74) is 22.3. The molecule has 1 atom stereocenters. The molecular formula is C44H54F2N10O2. The first kappa shape index (κ1) is 39.5. The number of unbranched alkanes of at least 4 members (excludes halogenated alkanes) is 2. The average Bonchev–Trinajstić information content (AvgIpc) is 4.01. The standard InChI is InChI=1S/C44H54F2N10O2/c1-2-3-19-57-42-51-36-34(23-49-38(36)40(47)53-42)21-29-7-11-32(12-8-29)26-55-17-15-31(25-55)6-4-5-20-58-43-52-37-35(24-50-39(37)41(48)54-43)22-30-9-13-33(14-10-30)27-56-18-16-44(45,46)28-56/h7-14,23-24,31,49-50H,2-6,15-22,25-28H2,1H3,(H2,47,51,53)(H2,48,52,54). The van der Waals surface area contributed by atoms with Crippen molar-refractivity contribution in [3.63, 3.8) is 0 Å². The lowest BCUT2D eigenvalue weighted by Crippen LogP contribution is -2.24. The smallest absolute Gasteiger partial charge is 0.319 e. The van der Waals surface area contributed by atoms with Crippen molar-refractivity contribution in [2.24, 2.45) is 5.92 Å². The summed E-state index contributed by atoms with van der Waals surface area (Å²) >= 11 is 0. The van der Waals surface area contributed by atoms with Gasteiger partial charge >= 0.3 is 12.0 Å². The molecule has 2 aromatic carbocycles. The summed E-state index contributed by atoms with van der Waals surface area (Å²) in [7, 11) is 0. The Kier molecular flexibility index (Phi) is 12.0. The highest BCUT2D eigenvalue weighted by molar-refractivity contribution is 5.88. The fourth-order valence-corrected chi connectivity index (χ4v) is 8.24. The molecule has 6 aromatic rings. The number of hydrogen-bond donors (Lipinski definition) is 4. The molecule has 2 fully saturated rings. The van der Waals surface area contributed by atoms with Crippen LogP contribution >= 0.6 is 0 Å². The SMILES string of the molecule is CCCCOc1nc(N)c2[nH]cc(Cc3ccc(CN4CCC(CCCCOc5nc(N)c6[nH]cc(Cc7ccc(CN8CCC(F)(F)C8)cc7)c6n5)C4)cc3)c2n1. The first-order valence-corrected chi connectivity index (χ1v) is 20.7.